The number of carbonyl (C=O) groups excluding carboxylic acids is 3. The first-order valence-electron chi connectivity index (χ1n) is 8.50. The molecule has 1 radical (unpaired) electrons. The molecular formula is C21H19EuF3O6. The number of rotatable bonds is 1. The molecule has 31 heavy (non-hydrogen) atoms. The fourth-order valence-electron chi connectivity index (χ4n) is 2.26. The van der Waals surface area contributed by atoms with Crippen LogP contribution in [-0.4, -0.2) is 28.6 Å². The van der Waals surface area contributed by atoms with Crippen molar-refractivity contribution >= 4 is 39.1 Å². The van der Waals surface area contributed by atoms with Gasteiger partial charge in [0.1, 0.15) is 22.9 Å². The van der Waals surface area contributed by atoms with Gasteiger partial charge < -0.3 is 19.1 Å². The van der Waals surface area contributed by atoms with Gasteiger partial charge in [-0.25, -0.2) is 4.79 Å². The van der Waals surface area contributed by atoms with Gasteiger partial charge in [0, 0.05) is 54.8 Å². The van der Waals surface area contributed by atoms with Crippen molar-refractivity contribution in [1.29, 1.82) is 0 Å². The van der Waals surface area contributed by atoms with E-state index < -0.39 is 28.9 Å². The Balaban J connectivity index is 0.000000867. The number of benzene rings is 2. The molecule has 6 nitrogen and oxygen atoms in total. The largest absolute Gasteiger partial charge is 0.506 e. The Kier molecular flexibility index (Phi) is 11.5. The summed E-state index contributed by atoms with van der Waals surface area (Å²) in [5.41, 5.74) is -3.00. The van der Waals surface area contributed by atoms with Crippen LogP contribution in [0.2, 0.25) is 0 Å². The van der Waals surface area contributed by atoms with E-state index in [1.165, 1.54) is 33.8 Å². The second kappa shape index (κ2) is 12.2. The topological polar surface area (TPSA) is 102 Å². The molecule has 0 spiro atoms. The molecule has 1 N–H and O–H groups in total. The van der Waals surface area contributed by atoms with Gasteiger partial charge in [-0.3, -0.25) is 4.79 Å². The Morgan fingerprint density at radius 1 is 0.871 bits per heavy atom. The normalized spacial score (nSPS) is 10.2. The monoisotopic (exact) mass is 577 g/mol. The molecule has 0 amide bonds. The van der Waals surface area contributed by atoms with Crippen molar-refractivity contribution in [2.24, 2.45) is 0 Å². The molecule has 0 fully saturated rings. The average Bonchev–Trinajstić information content (AvgIpc) is 2.59. The van der Waals surface area contributed by atoms with Crippen molar-refractivity contribution < 1.29 is 86.5 Å². The molecule has 0 aliphatic heterocycles. The van der Waals surface area contributed by atoms with Gasteiger partial charge in [0.25, 0.3) is 5.78 Å². The van der Waals surface area contributed by atoms with E-state index in [0.717, 1.165) is 0 Å². The van der Waals surface area contributed by atoms with E-state index in [1.54, 1.807) is 30.3 Å². The molecule has 0 unspecified atom stereocenters. The Bertz CT molecular complexity index is 1150. The summed E-state index contributed by atoms with van der Waals surface area (Å²) in [5, 5.41) is 10.9. The molecule has 1 heterocycles. The third-order valence-corrected chi connectivity index (χ3v) is 3.25. The number of fused-ring (bicyclic) bond motifs is 3. The van der Waals surface area contributed by atoms with Crippen LogP contribution in [0.5, 0.6) is 5.75 Å². The first-order valence-corrected chi connectivity index (χ1v) is 8.50. The number of halogens is 3. The van der Waals surface area contributed by atoms with E-state index in [9.17, 15) is 37.5 Å². The minimum Gasteiger partial charge on any atom is -0.506 e. The van der Waals surface area contributed by atoms with Crippen molar-refractivity contribution in [3.05, 3.63) is 52.4 Å². The number of ketones is 3. The summed E-state index contributed by atoms with van der Waals surface area (Å²) in [4.78, 5) is 41.9. The van der Waals surface area contributed by atoms with E-state index >= 15 is 0 Å². The maximum absolute atomic E-state index is 12.5. The van der Waals surface area contributed by atoms with Crippen LogP contribution in [0.4, 0.5) is 13.2 Å². The molecule has 167 valence electrons. The van der Waals surface area contributed by atoms with Gasteiger partial charge in [-0.1, -0.05) is 30.3 Å². The number of hydrogen-bond donors (Lipinski definition) is 1. The molecular weight excluding hydrogens is 557 g/mol. The van der Waals surface area contributed by atoms with Crippen molar-refractivity contribution in [3.8, 4) is 5.75 Å². The summed E-state index contributed by atoms with van der Waals surface area (Å²) in [5.74, 6) is -3.13. The Morgan fingerprint density at radius 2 is 1.35 bits per heavy atom. The molecule has 2 aromatic carbocycles. The molecule has 0 aliphatic rings. The number of carbonyl (C=O) groups is 3. The molecule has 1 aromatic heterocycles. The molecule has 0 bridgehead atoms. The summed E-state index contributed by atoms with van der Waals surface area (Å²) in [7, 11) is 0. The first-order chi connectivity index (χ1) is 13.8. The van der Waals surface area contributed by atoms with E-state index in [0.29, 0.717) is 10.8 Å². The zero-order chi connectivity index (χ0) is 23.2. The van der Waals surface area contributed by atoms with Crippen LogP contribution in [-0.2, 0) is 9.59 Å². The summed E-state index contributed by atoms with van der Waals surface area (Å²) in [6, 6.07) is 9.51. The predicted octanol–water partition coefficient (Wildman–Crippen LogP) is 4.59. The third-order valence-electron chi connectivity index (χ3n) is 3.25. The Labute approximate surface area is 216 Å². The second-order valence-electron chi connectivity index (χ2n) is 6.42. The summed E-state index contributed by atoms with van der Waals surface area (Å²) in [6.07, 6.45) is -5.28. The smallest absolute Gasteiger partial charge is 0.455 e. The number of alkyl halides is 3. The van der Waals surface area contributed by atoms with Crippen LogP contribution in [0.15, 0.2) is 45.6 Å². The fourth-order valence-corrected chi connectivity index (χ4v) is 2.26. The van der Waals surface area contributed by atoms with Gasteiger partial charge in [-0.2, -0.15) is 13.2 Å². The van der Waals surface area contributed by atoms with E-state index in [2.05, 4.69) is 0 Å². The van der Waals surface area contributed by atoms with Crippen molar-refractivity contribution in [3.63, 3.8) is 0 Å². The molecule has 0 saturated carbocycles. The number of aromatic hydroxyl groups is 1. The zero-order valence-corrected chi connectivity index (χ0v) is 19.4. The van der Waals surface area contributed by atoms with Gasteiger partial charge in [0.15, 0.2) is 5.56 Å². The standard InChI is InChI=1S/C15H7F3O4.2C3H6O.Eu/c16-15(17,18)13(20)10-11(19)9-6-5-7-3-1-2-4-8(7)12(9)22-14(10)21;2*1-3(2)4;/h1-6,19H;2*1-2H3;. The number of Topliss-reactive ketones (excluding diaryl/α,β-unsaturated/α-hetero) is 3. The summed E-state index contributed by atoms with van der Waals surface area (Å²) >= 11 is 0. The molecule has 3 rings (SSSR count). The maximum atomic E-state index is 12.5. The van der Waals surface area contributed by atoms with Crippen molar-refractivity contribution in [2.45, 2.75) is 33.9 Å². The van der Waals surface area contributed by atoms with E-state index in [-0.39, 0.29) is 71.9 Å². The molecule has 3 aromatic rings. The van der Waals surface area contributed by atoms with Crippen LogP contribution < -0.4 is 5.63 Å². The van der Waals surface area contributed by atoms with Crippen LogP contribution >= 0.6 is 0 Å². The first kappa shape index (κ1) is 29.1. The van der Waals surface area contributed by atoms with Crippen LogP contribution in [0.3, 0.4) is 0 Å². The summed E-state index contributed by atoms with van der Waals surface area (Å²) < 4.78 is 42.4. The van der Waals surface area contributed by atoms with Crippen molar-refractivity contribution in [1.82, 2.24) is 0 Å². The SMILES string of the molecule is CC(C)=O.CC(C)=O.O=C(c1c(O)c2ccc3ccccc3c2oc1=O)C(F)(F)F.[Eu]. The van der Waals surface area contributed by atoms with Gasteiger partial charge in [-0.05, 0) is 39.1 Å². The third kappa shape index (κ3) is 8.27. The number of hydrogen-bond acceptors (Lipinski definition) is 6. The predicted molar refractivity (Wildman–Crippen MR) is 105 cm³/mol. The minimum absolute atomic E-state index is 0. The van der Waals surface area contributed by atoms with Gasteiger partial charge in [0.05, 0.1) is 5.39 Å². The molecule has 0 aliphatic carbocycles. The zero-order valence-electron chi connectivity index (χ0n) is 17.0. The van der Waals surface area contributed by atoms with Crippen LogP contribution in [0.25, 0.3) is 21.7 Å². The Morgan fingerprint density at radius 3 is 1.84 bits per heavy atom. The Hall–Kier alpha value is -1.91. The van der Waals surface area contributed by atoms with Gasteiger partial charge in [0.2, 0.25) is 0 Å². The van der Waals surface area contributed by atoms with Gasteiger partial charge in [-0.15, -0.1) is 0 Å². The van der Waals surface area contributed by atoms with E-state index in [4.69, 9.17) is 4.42 Å². The van der Waals surface area contributed by atoms with Crippen LogP contribution in [0.1, 0.15) is 38.1 Å². The maximum Gasteiger partial charge on any atom is 0.455 e. The van der Waals surface area contributed by atoms with Gasteiger partial charge >= 0.3 is 11.8 Å². The van der Waals surface area contributed by atoms with E-state index in [1.807, 2.05) is 0 Å². The second-order valence-corrected chi connectivity index (χ2v) is 6.42. The molecule has 0 saturated heterocycles. The summed E-state index contributed by atoms with van der Waals surface area (Å²) in [6.45, 7) is 6.11. The fraction of sp³-hybridized carbons (Fsp3) is 0.238. The van der Waals surface area contributed by atoms with Crippen molar-refractivity contribution in [2.75, 3.05) is 0 Å². The molecule has 10 heteroatoms. The molecule has 0 atom stereocenters. The quantitative estimate of drug-likeness (QED) is 0.259. The minimum atomic E-state index is -5.28. The van der Waals surface area contributed by atoms with Crippen LogP contribution in [0, 0.1) is 49.4 Å². The average molecular weight is 576 g/mol.